The van der Waals surface area contributed by atoms with Crippen LogP contribution in [0.2, 0.25) is 5.02 Å². The fourth-order valence-electron chi connectivity index (χ4n) is 1.93. The van der Waals surface area contributed by atoms with Crippen molar-refractivity contribution < 1.29 is 4.79 Å². The number of benzene rings is 1. The molecule has 0 bridgehead atoms. The second-order valence-corrected chi connectivity index (χ2v) is 5.80. The molecule has 1 heterocycles. The van der Waals surface area contributed by atoms with E-state index in [1.165, 1.54) is 0 Å². The monoisotopic (exact) mass is 364 g/mol. The van der Waals surface area contributed by atoms with Gasteiger partial charge in [0.25, 0.3) is 5.91 Å². The van der Waals surface area contributed by atoms with E-state index >= 15 is 0 Å². The Morgan fingerprint density at radius 2 is 2.35 bits per heavy atom. The summed E-state index contributed by atoms with van der Waals surface area (Å²) >= 11 is 8.10. The molecule has 1 amide bonds. The Morgan fingerprint density at radius 1 is 1.59 bits per heavy atom. The predicted octanol–water partition coefficient (Wildman–Crippen LogP) is 2.38. The summed E-state index contributed by atoms with van der Waals surface area (Å²) in [6, 6.07) is 5.78. The molecule has 0 aliphatic carbocycles. The standard InChI is InChI=1S/C12H14ClIN2O/c1-8-7-16(5-4-15-8)12(17)9-2-3-10(13)11(14)6-9/h2-3,6,8,15H,4-5,7H2,1H3. The third-order valence-electron chi connectivity index (χ3n) is 2.82. The lowest BCUT2D eigenvalue weighted by atomic mass is 10.1. The SMILES string of the molecule is CC1CN(C(=O)c2ccc(Cl)c(I)c2)CCN1. The number of nitrogens with zero attached hydrogens (tertiary/aromatic N) is 1. The number of nitrogens with one attached hydrogen (secondary N) is 1. The lowest BCUT2D eigenvalue weighted by molar-refractivity contribution is 0.0709. The van der Waals surface area contributed by atoms with Gasteiger partial charge >= 0.3 is 0 Å². The second kappa shape index (κ2) is 5.54. The molecule has 0 radical (unpaired) electrons. The first kappa shape index (κ1) is 13.1. The third kappa shape index (κ3) is 3.11. The van der Waals surface area contributed by atoms with Gasteiger partial charge in [-0.15, -0.1) is 0 Å². The minimum Gasteiger partial charge on any atom is -0.336 e. The zero-order valence-corrected chi connectivity index (χ0v) is 12.5. The number of carbonyl (C=O) groups excluding carboxylic acids is 1. The van der Waals surface area contributed by atoms with Crippen LogP contribution in [-0.4, -0.2) is 36.5 Å². The van der Waals surface area contributed by atoms with Gasteiger partial charge in [0.2, 0.25) is 0 Å². The first-order chi connectivity index (χ1) is 8.08. The van der Waals surface area contributed by atoms with E-state index in [4.69, 9.17) is 11.6 Å². The summed E-state index contributed by atoms with van der Waals surface area (Å²) in [7, 11) is 0. The number of amides is 1. The number of hydrogen-bond donors (Lipinski definition) is 1. The normalized spacial score (nSPS) is 20.4. The first-order valence-electron chi connectivity index (χ1n) is 5.55. The molecule has 0 spiro atoms. The molecule has 1 saturated heterocycles. The van der Waals surface area contributed by atoms with Crippen LogP contribution in [0.5, 0.6) is 0 Å². The molecular weight excluding hydrogens is 351 g/mol. The number of piperazine rings is 1. The predicted molar refractivity (Wildman–Crippen MR) is 77.5 cm³/mol. The summed E-state index contributed by atoms with van der Waals surface area (Å²) in [5.74, 6) is 0.0907. The molecule has 1 aliphatic rings. The summed E-state index contributed by atoms with van der Waals surface area (Å²) in [5, 5.41) is 4.01. The van der Waals surface area contributed by atoms with Gasteiger partial charge in [-0.1, -0.05) is 11.6 Å². The Bertz CT molecular complexity index is 439. The minimum atomic E-state index is 0.0907. The molecule has 0 saturated carbocycles. The number of halogens is 2. The molecule has 1 aromatic carbocycles. The van der Waals surface area contributed by atoms with Crippen LogP contribution < -0.4 is 5.32 Å². The quantitative estimate of drug-likeness (QED) is 0.776. The average Bonchev–Trinajstić information content (AvgIpc) is 2.32. The topological polar surface area (TPSA) is 32.3 Å². The molecule has 3 nitrogen and oxygen atoms in total. The van der Waals surface area contributed by atoms with Gasteiger partial charge in [-0.3, -0.25) is 4.79 Å². The van der Waals surface area contributed by atoms with Crippen molar-refractivity contribution in [2.75, 3.05) is 19.6 Å². The molecule has 1 aliphatic heterocycles. The molecule has 1 aromatic rings. The van der Waals surface area contributed by atoms with Crippen LogP contribution in [-0.2, 0) is 0 Å². The van der Waals surface area contributed by atoms with Crippen molar-refractivity contribution in [3.05, 3.63) is 32.4 Å². The van der Waals surface area contributed by atoms with Gasteiger partial charge in [-0.05, 0) is 47.7 Å². The summed E-state index contributed by atoms with van der Waals surface area (Å²) in [5.41, 5.74) is 0.716. The lowest BCUT2D eigenvalue weighted by Gasteiger charge is -2.32. The highest BCUT2D eigenvalue weighted by molar-refractivity contribution is 14.1. The number of carbonyl (C=O) groups is 1. The first-order valence-corrected chi connectivity index (χ1v) is 7.01. The van der Waals surface area contributed by atoms with Crippen molar-refractivity contribution in [3.8, 4) is 0 Å². The molecule has 17 heavy (non-hydrogen) atoms. The van der Waals surface area contributed by atoms with Gasteiger partial charge in [0.1, 0.15) is 0 Å². The van der Waals surface area contributed by atoms with Gasteiger partial charge in [-0.25, -0.2) is 0 Å². The van der Waals surface area contributed by atoms with Crippen molar-refractivity contribution in [3.63, 3.8) is 0 Å². The van der Waals surface area contributed by atoms with Crippen LogP contribution in [0.15, 0.2) is 18.2 Å². The number of rotatable bonds is 1. The summed E-state index contributed by atoms with van der Waals surface area (Å²) < 4.78 is 0.915. The molecule has 1 atom stereocenters. The summed E-state index contributed by atoms with van der Waals surface area (Å²) in [4.78, 5) is 14.1. The second-order valence-electron chi connectivity index (χ2n) is 4.24. The van der Waals surface area contributed by atoms with Crippen molar-refractivity contribution in [2.45, 2.75) is 13.0 Å². The van der Waals surface area contributed by atoms with E-state index in [9.17, 15) is 4.79 Å². The van der Waals surface area contributed by atoms with E-state index in [0.717, 1.165) is 23.2 Å². The van der Waals surface area contributed by atoms with Gasteiger partial charge < -0.3 is 10.2 Å². The highest BCUT2D eigenvalue weighted by Gasteiger charge is 2.21. The molecule has 1 fully saturated rings. The van der Waals surface area contributed by atoms with Crippen LogP contribution in [0, 0.1) is 3.57 Å². The molecule has 1 N–H and O–H groups in total. The smallest absolute Gasteiger partial charge is 0.253 e. The van der Waals surface area contributed by atoms with E-state index < -0.39 is 0 Å². The maximum atomic E-state index is 12.3. The van der Waals surface area contributed by atoms with E-state index in [1.54, 1.807) is 12.1 Å². The summed E-state index contributed by atoms with van der Waals surface area (Å²) in [6.45, 7) is 4.48. The highest BCUT2D eigenvalue weighted by Crippen LogP contribution is 2.20. The van der Waals surface area contributed by atoms with Gasteiger partial charge in [-0.2, -0.15) is 0 Å². The van der Waals surface area contributed by atoms with E-state index in [-0.39, 0.29) is 5.91 Å². The Hall–Kier alpha value is -0.330. The Kier molecular flexibility index (Phi) is 4.27. The Balaban J connectivity index is 2.15. The van der Waals surface area contributed by atoms with Crippen LogP contribution >= 0.6 is 34.2 Å². The zero-order valence-electron chi connectivity index (χ0n) is 9.54. The third-order valence-corrected chi connectivity index (χ3v) is 4.36. The fourth-order valence-corrected chi connectivity index (χ4v) is 2.56. The van der Waals surface area contributed by atoms with Gasteiger partial charge in [0.05, 0.1) is 5.02 Å². The molecule has 1 unspecified atom stereocenters. The van der Waals surface area contributed by atoms with Crippen LogP contribution in [0.25, 0.3) is 0 Å². The van der Waals surface area contributed by atoms with Crippen LogP contribution in [0.4, 0.5) is 0 Å². The van der Waals surface area contributed by atoms with Crippen molar-refractivity contribution in [1.82, 2.24) is 10.2 Å². The van der Waals surface area contributed by atoms with Crippen LogP contribution in [0.3, 0.4) is 0 Å². The van der Waals surface area contributed by atoms with Crippen molar-refractivity contribution in [2.24, 2.45) is 0 Å². The number of hydrogen-bond acceptors (Lipinski definition) is 2. The van der Waals surface area contributed by atoms with Crippen molar-refractivity contribution >= 4 is 40.1 Å². The maximum Gasteiger partial charge on any atom is 0.253 e. The van der Waals surface area contributed by atoms with E-state index in [1.807, 2.05) is 11.0 Å². The zero-order chi connectivity index (χ0) is 12.4. The average molecular weight is 365 g/mol. The van der Waals surface area contributed by atoms with E-state index in [2.05, 4.69) is 34.8 Å². The molecule has 5 heteroatoms. The van der Waals surface area contributed by atoms with Gasteiger partial charge in [0.15, 0.2) is 0 Å². The fraction of sp³-hybridized carbons (Fsp3) is 0.417. The molecule has 2 rings (SSSR count). The highest BCUT2D eigenvalue weighted by atomic mass is 127. The maximum absolute atomic E-state index is 12.3. The molecule has 92 valence electrons. The molecular formula is C12H14ClIN2O. The molecule has 0 aromatic heterocycles. The summed E-state index contributed by atoms with van der Waals surface area (Å²) in [6.07, 6.45) is 0. The van der Waals surface area contributed by atoms with E-state index in [0.29, 0.717) is 16.6 Å². The van der Waals surface area contributed by atoms with Crippen molar-refractivity contribution in [1.29, 1.82) is 0 Å². The van der Waals surface area contributed by atoms with Crippen LogP contribution in [0.1, 0.15) is 17.3 Å². The minimum absolute atomic E-state index is 0.0907. The lowest BCUT2D eigenvalue weighted by Crippen LogP contribution is -2.51. The Morgan fingerprint density at radius 3 is 3.00 bits per heavy atom. The van der Waals surface area contributed by atoms with Gasteiger partial charge in [0, 0.05) is 34.8 Å². The largest absolute Gasteiger partial charge is 0.336 e. The Labute approximate surface area is 120 Å².